The van der Waals surface area contributed by atoms with Crippen molar-refractivity contribution in [3.05, 3.63) is 35.9 Å². The van der Waals surface area contributed by atoms with Crippen LogP contribution < -0.4 is 4.72 Å². The van der Waals surface area contributed by atoms with Gasteiger partial charge in [0.25, 0.3) is 0 Å². The summed E-state index contributed by atoms with van der Waals surface area (Å²) in [5.74, 6) is 0. The molecule has 1 atom stereocenters. The van der Waals surface area contributed by atoms with Crippen molar-refractivity contribution in [1.82, 2.24) is 4.72 Å². The highest BCUT2D eigenvalue weighted by Crippen LogP contribution is 2.29. The molecule has 0 radical (unpaired) electrons. The third kappa shape index (κ3) is 5.38. The zero-order valence-electron chi connectivity index (χ0n) is 11.0. The van der Waals surface area contributed by atoms with Gasteiger partial charge in [-0.3, -0.25) is 0 Å². The minimum Gasteiger partial charge on any atom is -0.211 e. The molecule has 5 heteroatoms. The number of benzene rings is 1. The Labute approximate surface area is 115 Å². The molecule has 0 amide bonds. The van der Waals surface area contributed by atoms with Crippen molar-refractivity contribution in [3.8, 4) is 0 Å². The normalized spacial score (nSPS) is 14.4. The second kappa shape index (κ2) is 6.04. The van der Waals surface area contributed by atoms with Crippen LogP contribution in [0.1, 0.15) is 38.8 Å². The zero-order chi connectivity index (χ0) is 13.8. The molecule has 0 bridgehead atoms. The molecule has 1 N–H and O–H groups in total. The third-order valence-electron chi connectivity index (χ3n) is 2.48. The quantitative estimate of drug-likeness (QED) is 0.846. The molecule has 0 aromatic heterocycles. The summed E-state index contributed by atoms with van der Waals surface area (Å²) in [7, 11) is -3.42. The van der Waals surface area contributed by atoms with Gasteiger partial charge in [0.2, 0.25) is 10.0 Å². The number of halogens is 1. The molecular weight excluding hydrogens is 270 g/mol. The average Bonchev–Trinajstić information content (AvgIpc) is 2.27. The van der Waals surface area contributed by atoms with Gasteiger partial charge >= 0.3 is 0 Å². The summed E-state index contributed by atoms with van der Waals surface area (Å²) in [5.41, 5.74) is 0.983. The lowest BCUT2D eigenvalue weighted by atomic mass is 9.86. The van der Waals surface area contributed by atoms with Gasteiger partial charge in [-0.15, -0.1) is 11.6 Å². The molecule has 102 valence electrons. The minimum atomic E-state index is -3.42. The third-order valence-corrected chi connectivity index (χ3v) is 4.28. The average molecular weight is 290 g/mol. The molecule has 0 fully saturated rings. The van der Waals surface area contributed by atoms with E-state index in [9.17, 15) is 8.42 Å². The minimum absolute atomic E-state index is 0.0232. The summed E-state index contributed by atoms with van der Waals surface area (Å²) >= 11 is 5.45. The van der Waals surface area contributed by atoms with E-state index in [1.807, 2.05) is 30.3 Å². The highest BCUT2D eigenvalue weighted by Gasteiger charge is 2.24. The monoisotopic (exact) mass is 289 g/mol. The van der Waals surface area contributed by atoms with Crippen molar-refractivity contribution in [3.63, 3.8) is 0 Å². The van der Waals surface area contributed by atoms with Crippen molar-refractivity contribution in [2.75, 3.05) is 5.21 Å². The Hall–Kier alpha value is -0.580. The first-order chi connectivity index (χ1) is 8.23. The molecule has 0 spiro atoms. The maximum absolute atomic E-state index is 11.6. The van der Waals surface area contributed by atoms with Gasteiger partial charge in [0.05, 0.1) is 0 Å². The summed E-state index contributed by atoms with van der Waals surface area (Å²) in [6.07, 6.45) is 0.715. The summed E-state index contributed by atoms with van der Waals surface area (Å²) in [4.78, 5) is 0. The van der Waals surface area contributed by atoms with Crippen molar-refractivity contribution < 1.29 is 8.42 Å². The Kier molecular flexibility index (Phi) is 5.20. The molecule has 0 saturated heterocycles. The Bertz CT molecular complexity index is 466. The molecule has 0 aliphatic carbocycles. The van der Waals surface area contributed by atoms with E-state index >= 15 is 0 Å². The number of hydrogen-bond acceptors (Lipinski definition) is 2. The van der Waals surface area contributed by atoms with Gasteiger partial charge in [0, 0.05) is 6.04 Å². The molecular formula is C13H20ClNO2S. The number of alkyl halides is 1. The van der Waals surface area contributed by atoms with E-state index in [1.165, 1.54) is 0 Å². The molecule has 0 aliphatic heterocycles. The Morgan fingerprint density at radius 2 is 1.78 bits per heavy atom. The molecule has 1 aromatic rings. The van der Waals surface area contributed by atoms with Crippen molar-refractivity contribution in [1.29, 1.82) is 0 Å². The number of sulfonamides is 1. The van der Waals surface area contributed by atoms with Crippen molar-refractivity contribution in [2.24, 2.45) is 5.41 Å². The second-order valence-electron chi connectivity index (χ2n) is 5.57. The van der Waals surface area contributed by atoms with Crippen LogP contribution in [0, 0.1) is 5.41 Å². The molecule has 0 heterocycles. The highest BCUT2D eigenvalue weighted by molar-refractivity contribution is 7.90. The number of nitrogens with one attached hydrogen (secondary N) is 1. The lowest BCUT2D eigenvalue weighted by Gasteiger charge is -2.26. The fraction of sp³-hybridized carbons (Fsp3) is 0.538. The van der Waals surface area contributed by atoms with Crippen LogP contribution in [0.3, 0.4) is 0 Å². The summed E-state index contributed by atoms with van der Waals surface area (Å²) in [5, 5.41) is -0.416. The Balaban J connectivity index is 2.97. The van der Waals surface area contributed by atoms with Crippen LogP contribution in [0.4, 0.5) is 0 Å². The van der Waals surface area contributed by atoms with Crippen LogP contribution in [-0.4, -0.2) is 13.6 Å². The maximum atomic E-state index is 11.6. The van der Waals surface area contributed by atoms with E-state index in [0.29, 0.717) is 6.42 Å². The zero-order valence-corrected chi connectivity index (χ0v) is 12.6. The van der Waals surface area contributed by atoms with Crippen LogP contribution in [-0.2, 0) is 10.0 Å². The van der Waals surface area contributed by atoms with Gasteiger partial charge in [-0.05, 0) is 17.4 Å². The predicted molar refractivity (Wildman–Crippen MR) is 76.0 cm³/mol. The van der Waals surface area contributed by atoms with Crippen LogP contribution in [0.15, 0.2) is 30.3 Å². The fourth-order valence-corrected chi connectivity index (χ4v) is 2.68. The molecule has 0 saturated carbocycles. The molecule has 1 rings (SSSR count). The summed E-state index contributed by atoms with van der Waals surface area (Å²) < 4.78 is 25.9. The van der Waals surface area contributed by atoms with E-state index in [-0.39, 0.29) is 11.5 Å². The first-order valence-electron chi connectivity index (χ1n) is 5.84. The SMILES string of the molecule is CC(C)(C)CC(NS(=O)(=O)CCl)c1ccccc1. The first kappa shape index (κ1) is 15.5. The van der Waals surface area contributed by atoms with Gasteiger partial charge in [-0.25, -0.2) is 13.1 Å². The van der Waals surface area contributed by atoms with Crippen LogP contribution >= 0.6 is 11.6 Å². The fourth-order valence-electron chi connectivity index (χ4n) is 1.77. The number of hydrogen-bond donors (Lipinski definition) is 1. The standard InChI is InChI=1S/C13H20ClNO2S/c1-13(2,3)9-12(15-18(16,17)10-14)11-7-5-4-6-8-11/h4-8,12,15H,9-10H2,1-3H3. The summed E-state index contributed by atoms with van der Waals surface area (Å²) in [6.45, 7) is 6.24. The lowest BCUT2D eigenvalue weighted by molar-refractivity contribution is 0.331. The summed E-state index contributed by atoms with van der Waals surface area (Å²) in [6, 6.07) is 9.32. The Morgan fingerprint density at radius 3 is 2.22 bits per heavy atom. The van der Waals surface area contributed by atoms with E-state index in [1.54, 1.807) is 0 Å². The highest BCUT2D eigenvalue weighted by atomic mass is 35.5. The van der Waals surface area contributed by atoms with Crippen molar-refractivity contribution in [2.45, 2.75) is 33.2 Å². The van der Waals surface area contributed by atoms with E-state index in [2.05, 4.69) is 25.5 Å². The Morgan fingerprint density at radius 1 is 1.22 bits per heavy atom. The second-order valence-corrected chi connectivity index (χ2v) is 7.91. The largest absolute Gasteiger partial charge is 0.226 e. The molecule has 18 heavy (non-hydrogen) atoms. The van der Waals surface area contributed by atoms with Crippen molar-refractivity contribution >= 4 is 21.6 Å². The molecule has 3 nitrogen and oxygen atoms in total. The van der Waals surface area contributed by atoms with Gasteiger partial charge in [0.1, 0.15) is 5.21 Å². The van der Waals surface area contributed by atoms with Crippen LogP contribution in [0.25, 0.3) is 0 Å². The predicted octanol–water partition coefficient (Wildman–Crippen LogP) is 3.28. The number of rotatable bonds is 5. The van der Waals surface area contributed by atoms with Crippen LogP contribution in [0.2, 0.25) is 0 Å². The molecule has 1 unspecified atom stereocenters. The van der Waals surface area contributed by atoms with Crippen LogP contribution in [0.5, 0.6) is 0 Å². The van der Waals surface area contributed by atoms with E-state index < -0.39 is 15.2 Å². The van der Waals surface area contributed by atoms with Gasteiger partial charge in [-0.2, -0.15) is 0 Å². The molecule has 0 aliphatic rings. The van der Waals surface area contributed by atoms with Gasteiger partial charge in [0.15, 0.2) is 0 Å². The smallest absolute Gasteiger partial charge is 0.211 e. The van der Waals surface area contributed by atoms with E-state index in [4.69, 9.17) is 11.6 Å². The lowest BCUT2D eigenvalue weighted by Crippen LogP contribution is -2.31. The first-order valence-corrected chi connectivity index (χ1v) is 8.03. The van der Waals surface area contributed by atoms with E-state index in [0.717, 1.165) is 5.56 Å². The van der Waals surface area contributed by atoms with Gasteiger partial charge in [-0.1, -0.05) is 51.1 Å². The topological polar surface area (TPSA) is 46.2 Å². The maximum Gasteiger partial charge on any atom is 0.226 e. The molecule has 1 aromatic carbocycles. The van der Waals surface area contributed by atoms with Gasteiger partial charge < -0.3 is 0 Å².